The number of rotatable bonds is 44. The van der Waals surface area contributed by atoms with Crippen molar-refractivity contribution in [3.05, 3.63) is 0 Å². The third kappa shape index (κ3) is 44.2. The second kappa shape index (κ2) is 38.5. The summed E-state index contributed by atoms with van der Waals surface area (Å²) in [4.78, 5) is 23.6. The van der Waals surface area contributed by atoms with Gasteiger partial charge in [0.05, 0.1) is 27.7 Å². The van der Waals surface area contributed by atoms with Crippen LogP contribution < -0.4 is 10.2 Å². The Hall–Kier alpha value is -0.340. The van der Waals surface area contributed by atoms with Gasteiger partial charge in [0.25, 0.3) is 7.82 Å². The standard InChI is InChI=1S/C44H91N2O6P/c1-6-7-8-9-10-11-12-13-14-17-20-23-26-29-32-35-39-50-42-44(52-53(48,49)51-40-38-46(3,4)5)41-45-37-34-31-28-25-22-19-16-15-18-21-24-27-30-33-36-43(2)47/h44-45H,6-42H2,1-5H3. The second-order valence-electron chi connectivity index (χ2n) is 17.0. The molecule has 0 heterocycles. The molecule has 0 aromatic carbocycles. The Morgan fingerprint density at radius 3 is 1.42 bits per heavy atom. The van der Waals surface area contributed by atoms with Crippen molar-refractivity contribution in [3.8, 4) is 0 Å². The number of phosphoric ester groups is 1. The number of phosphoric acid groups is 1. The number of hydrogen-bond acceptors (Lipinski definition) is 7. The number of Topliss-reactive ketones (excluding diaryl/α,β-unsaturated/α-hetero) is 1. The molecular weight excluding hydrogens is 683 g/mol. The van der Waals surface area contributed by atoms with Crippen molar-refractivity contribution < 1.29 is 32.5 Å². The Bertz CT molecular complexity index is 824. The lowest BCUT2D eigenvalue weighted by Gasteiger charge is -2.30. The van der Waals surface area contributed by atoms with Crippen LogP contribution in [-0.2, 0) is 23.1 Å². The molecular formula is C44H91N2O6P. The summed E-state index contributed by atoms with van der Waals surface area (Å²) in [6.07, 6.45) is 39.2. The molecule has 0 aliphatic carbocycles. The molecule has 0 fully saturated rings. The Labute approximate surface area is 330 Å². The lowest BCUT2D eigenvalue weighted by Crippen LogP contribution is -2.38. The SMILES string of the molecule is CCCCCCCCCCCCCCCCCCOCC(CNCCCCCCCCCCCCCCCCC(C)=O)OP(=O)([O-])OCC[N+](C)(C)C. The van der Waals surface area contributed by atoms with Crippen molar-refractivity contribution >= 4 is 13.6 Å². The maximum absolute atomic E-state index is 12.6. The molecule has 318 valence electrons. The maximum atomic E-state index is 12.6. The van der Waals surface area contributed by atoms with E-state index < -0.39 is 13.9 Å². The molecule has 8 nitrogen and oxygen atoms in total. The zero-order chi connectivity index (χ0) is 39.1. The average Bonchev–Trinajstić information content (AvgIpc) is 3.09. The maximum Gasteiger partial charge on any atom is 0.268 e. The normalized spacial score (nSPS) is 13.8. The van der Waals surface area contributed by atoms with Crippen molar-refractivity contribution in [2.45, 2.75) is 219 Å². The molecule has 0 aromatic rings. The number of ketones is 1. The molecule has 1 N–H and O–H groups in total. The average molecular weight is 775 g/mol. The highest BCUT2D eigenvalue weighted by atomic mass is 31.2. The first-order valence-corrected chi connectivity index (χ1v) is 24.2. The van der Waals surface area contributed by atoms with E-state index in [1.54, 1.807) is 6.92 Å². The minimum absolute atomic E-state index is 0.106. The van der Waals surface area contributed by atoms with Crippen LogP contribution >= 0.6 is 7.82 Å². The van der Waals surface area contributed by atoms with E-state index in [-0.39, 0.29) is 13.2 Å². The van der Waals surface area contributed by atoms with Gasteiger partial charge in [0.15, 0.2) is 0 Å². The number of carbonyl (C=O) groups excluding carboxylic acids is 1. The Balaban J connectivity index is 4.00. The molecule has 0 aliphatic rings. The van der Waals surface area contributed by atoms with Crippen molar-refractivity contribution in [1.29, 1.82) is 0 Å². The van der Waals surface area contributed by atoms with E-state index in [0.29, 0.717) is 30.0 Å². The highest BCUT2D eigenvalue weighted by Crippen LogP contribution is 2.39. The van der Waals surface area contributed by atoms with E-state index in [9.17, 15) is 14.3 Å². The molecule has 0 amide bonds. The fourth-order valence-electron chi connectivity index (χ4n) is 6.74. The number of carbonyl (C=O) groups is 1. The number of hydrogen-bond donors (Lipinski definition) is 1. The van der Waals surface area contributed by atoms with Gasteiger partial charge in [0.1, 0.15) is 25.0 Å². The van der Waals surface area contributed by atoms with Crippen LogP contribution in [0.25, 0.3) is 0 Å². The monoisotopic (exact) mass is 775 g/mol. The van der Waals surface area contributed by atoms with Gasteiger partial charge in [0, 0.05) is 19.6 Å². The summed E-state index contributed by atoms with van der Waals surface area (Å²) in [7, 11) is 1.60. The predicted molar refractivity (Wildman–Crippen MR) is 225 cm³/mol. The first kappa shape index (κ1) is 52.7. The van der Waals surface area contributed by atoms with Gasteiger partial charge in [-0.1, -0.05) is 180 Å². The van der Waals surface area contributed by atoms with Gasteiger partial charge in [-0.3, -0.25) is 4.57 Å². The molecule has 53 heavy (non-hydrogen) atoms. The first-order valence-electron chi connectivity index (χ1n) is 22.8. The molecule has 0 saturated heterocycles. The van der Waals surface area contributed by atoms with Crippen LogP contribution in [0, 0.1) is 0 Å². The summed E-state index contributed by atoms with van der Waals surface area (Å²) < 4.78 is 29.8. The number of quaternary nitrogens is 1. The minimum atomic E-state index is -4.41. The topological polar surface area (TPSA) is 96.9 Å². The van der Waals surface area contributed by atoms with Crippen LogP contribution in [0.4, 0.5) is 0 Å². The fourth-order valence-corrected chi connectivity index (χ4v) is 7.61. The number of nitrogens with zero attached hydrogens (tertiary/aromatic N) is 1. The molecule has 2 unspecified atom stereocenters. The van der Waals surface area contributed by atoms with Crippen LogP contribution in [0.3, 0.4) is 0 Å². The number of likely N-dealkylation sites (N-methyl/N-ethyl adjacent to an activating group) is 1. The second-order valence-corrected chi connectivity index (χ2v) is 18.4. The fraction of sp³-hybridized carbons (Fsp3) is 0.977. The summed E-state index contributed by atoms with van der Waals surface area (Å²) in [5, 5.41) is 3.41. The Kier molecular flexibility index (Phi) is 38.3. The van der Waals surface area contributed by atoms with Gasteiger partial charge in [0.2, 0.25) is 0 Å². The molecule has 0 aromatic heterocycles. The van der Waals surface area contributed by atoms with Crippen LogP contribution in [0.15, 0.2) is 0 Å². The van der Waals surface area contributed by atoms with Crippen LogP contribution in [0.2, 0.25) is 0 Å². The van der Waals surface area contributed by atoms with E-state index in [4.69, 9.17) is 13.8 Å². The van der Waals surface area contributed by atoms with Crippen LogP contribution in [0.1, 0.15) is 213 Å². The summed E-state index contributed by atoms with van der Waals surface area (Å²) in [6.45, 7) is 6.82. The molecule has 0 rings (SSSR count). The summed E-state index contributed by atoms with van der Waals surface area (Å²) >= 11 is 0. The zero-order valence-corrected chi connectivity index (χ0v) is 37.0. The smallest absolute Gasteiger partial charge is 0.268 e. The molecule has 2 atom stereocenters. The first-order chi connectivity index (χ1) is 25.6. The molecule has 0 spiro atoms. The van der Waals surface area contributed by atoms with Crippen LogP contribution in [-0.4, -0.2) is 77.0 Å². The van der Waals surface area contributed by atoms with Crippen molar-refractivity contribution in [3.63, 3.8) is 0 Å². The summed E-state index contributed by atoms with van der Waals surface area (Å²) in [5.41, 5.74) is 0. The third-order valence-corrected chi connectivity index (χ3v) is 11.3. The minimum Gasteiger partial charge on any atom is -0.756 e. The van der Waals surface area contributed by atoms with Gasteiger partial charge >= 0.3 is 0 Å². The summed E-state index contributed by atoms with van der Waals surface area (Å²) in [5.74, 6) is 0.320. The molecule has 0 aliphatic heterocycles. The molecule has 0 radical (unpaired) electrons. The van der Waals surface area contributed by atoms with Gasteiger partial charge < -0.3 is 33.3 Å². The Morgan fingerprint density at radius 2 is 1.00 bits per heavy atom. The van der Waals surface area contributed by atoms with Crippen molar-refractivity contribution in [2.75, 3.05) is 60.6 Å². The van der Waals surface area contributed by atoms with Gasteiger partial charge in [-0.15, -0.1) is 0 Å². The number of unbranched alkanes of at least 4 members (excludes halogenated alkanes) is 28. The summed E-state index contributed by atoms with van der Waals surface area (Å²) in [6, 6.07) is 0. The largest absolute Gasteiger partial charge is 0.756 e. The van der Waals surface area contributed by atoms with E-state index in [2.05, 4.69) is 12.2 Å². The van der Waals surface area contributed by atoms with E-state index in [1.165, 1.54) is 167 Å². The number of nitrogens with one attached hydrogen (secondary N) is 1. The van der Waals surface area contributed by atoms with Gasteiger partial charge in [-0.2, -0.15) is 0 Å². The van der Waals surface area contributed by atoms with Crippen LogP contribution in [0.5, 0.6) is 0 Å². The Morgan fingerprint density at radius 1 is 0.604 bits per heavy atom. The highest BCUT2D eigenvalue weighted by molar-refractivity contribution is 7.45. The van der Waals surface area contributed by atoms with Crippen molar-refractivity contribution in [2.24, 2.45) is 0 Å². The van der Waals surface area contributed by atoms with E-state index in [1.807, 2.05) is 21.1 Å². The zero-order valence-electron chi connectivity index (χ0n) is 36.1. The van der Waals surface area contributed by atoms with E-state index in [0.717, 1.165) is 38.6 Å². The predicted octanol–water partition coefficient (Wildman–Crippen LogP) is 11.9. The lowest BCUT2D eigenvalue weighted by molar-refractivity contribution is -0.870. The molecule has 9 heteroatoms. The van der Waals surface area contributed by atoms with Crippen molar-refractivity contribution in [1.82, 2.24) is 5.32 Å². The van der Waals surface area contributed by atoms with Gasteiger partial charge in [-0.05, 0) is 32.7 Å². The lowest BCUT2D eigenvalue weighted by atomic mass is 10.0. The van der Waals surface area contributed by atoms with E-state index >= 15 is 0 Å². The third-order valence-electron chi connectivity index (χ3n) is 10.2. The van der Waals surface area contributed by atoms with Gasteiger partial charge in [-0.25, -0.2) is 0 Å². The highest BCUT2D eigenvalue weighted by Gasteiger charge is 2.20. The number of ether oxygens (including phenoxy) is 1. The molecule has 0 bridgehead atoms. The molecule has 0 saturated carbocycles. The quantitative estimate of drug-likeness (QED) is 0.0374.